The summed E-state index contributed by atoms with van der Waals surface area (Å²) in [6, 6.07) is 10.4. The standard InChI is InChI=1S/C25H28F6N2O3/c1-16(18-9-20(24(26,27)28)11-21(10-18)25(29,30)31)36-15-23(19-5-3-2-4-6-19)8-7-17(14-34)12-33(23)13-22(32)35/h2-6,9-11,16-17,34H,7-8,12-15H2,1H3,(H2,32,35)/t16-,17+,23-/m1/s1. The first kappa shape index (κ1) is 27.9. The highest BCUT2D eigenvalue weighted by molar-refractivity contribution is 5.76. The number of carbonyl (C=O) groups excluding carboxylic acids is 1. The van der Waals surface area contributed by atoms with Crippen molar-refractivity contribution in [2.75, 3.05) is 26.3 Å². The van der Waals surface area contributed by atoms with Gasteiger partial charge in [0.15, 0.2) is 0 Å². The van der Waals surface area contributed by atoms with Crippen molar-refractivity contribution in [1.82, 2.24) is 4.90 Å². The molecule has 1 fully saturated rings. The first-order chi connectivity index (χ1) is 16.8. The molecular weight excluding hydrogens is 490 g/mol. The van der Waals surface area contributed by atoms with Gasteiger partial charge in [0, 0.05) is 13.2 Å². The largest absolute Gasteiger partial charge is 0.416 e. The number of ether oxygens (including phenoxy) is 1. The molecule has 1 amide bonds. The first-order valence-electron chi connectivity index (χ1n) is 11.4. The summed E-state index contributed by atoms with van der Waals surface area (Å²) in [7, 11) is 0. The van der Waals surface area contributed by atoms with Crippen LogP contribution in [0.5, 0.6) is 0 Å². The summed E-state index contributed by atoms with van der Waals surface area (Å²) in [4.78, 5) is 13.6. The van der Waals surface area contributed by atoms with Crippen LogP contribution in [-0.2, 0) is 27.4 Å². The molecule has 1 aliphatic rings. The van der Waals surface area contributed by atoms with E-state index in [1.54, 1.807) is 23.1 Å². The predicted octanol–water partition coefficient (Wildman–Crippen LogP) is 4.89. The molecular formula is C25H28F6N2O3. The van der Waals surface area contributed by atoms with Gasteiger partial charge >= 0.3 is 12.4 Å². The second kappa shape index (κ2) is 10.8. The van der Waals surface area contributed by atoms with Crippen molar-refractivity contribution in [2.24, 2.45) is 11.7 Å². The molecule has 1 heterocycles. The zero-order valence-electron chi connectivity index (χ0n) is 19.6. The molecule has 0 spiro atoms. The van der Waals surface area contributed by atoms with Crippen LogP contribution in [0.15, 0.2) is 48.5 Å². The topological polar surface area (TPSA) is 75.8 Å². The fourth-order valence-electron chi connectivity index (χ4n) is 4.63. The normalized spacial score (nSPS) is 22.4. The molecule has 0 aromatic heterocycles. The minimum absolute atomic E-state index is 0.0758. The Morgan fingerprint density at radius 2 is 1.69 bits per heavy atom. The number of rotatable bonds is 8. The summed E-state index contributed by atoms with van der Waals surface area (Å²) in [6.07, 6.45) is -10.1. The highest BCUT2D eigenvalue weighted by atomic mass is 19.4. The van der Waals surface area contributed by atoms with Gasteiger partial charge in [0.2, 0.25) is 5.91 Å². The lowest BCUT2D eigenvalue weighted by Crippen LogP contribution is -2.57. The van der Waals surface area contributed by atoms with E-state index in [2.05, 4.69) is 0 Å². The van der Waals surface area contributed by atoms with Crippen LogP contribution >= 0.6 is 0 Å². The Hall–Kier alpha value is -2.63. The Labute approximate surface area is 204 Å². The van der Waals surface area contributed by atoms with Gasteiger partial charge in [-0.05, 0) is 55.0 Å². The van der Waals surface area contributed by atoms with Crippen molar-refractivity contribution in [1.29, 1.82) is 0 Å². The van der Waals surface area contributed by atoms with Crippen LogP contribution in [0, 0.1) is 5.92 Å². The maximum Gasteiger partial charge on any atom is 0.416 e. The van der Waals surface area contributed by atoms with Gasteiger partial charge in [-0.15, -0.1) is 0 Å². The van der Waals surface area contributed by atoms with Gasteiger partial charge in [-0.2, -0.15) is 26.3 Å². The predicted molar refractivity (Wildman–Crippen MR) is 120 cm³/mol. The van der Waals surface area contributed by atoms with Crippen LogP contribution in [0.3, 0.4) is 0 Å². The fraction of sp³-hybridized carbons (Fsp3) is 0.480. The Kier molecular flexibility index (Phi) is 8.37. The molecule has 0 radical (unpaired) electrons. The van der Waals surface area contributed by atoms with E-state index in [1.165, 1.54) is 6.92 Å². The zero-order valence-corrected chi connectivity index (χ0v) is 19.6. The number of nitrogens with two attached hydrogens (primary N) is 1. The van der Waals surface area contributed by atoms with E-state index >= 15 is 0 Å². The Morgan fingerprint density at radius 1 is 1.11 bits per heavy atom. The molecule has 0 bridgehead atoms. The van der Waals surface area contributed by atoms with Crippen molar-refractivity contribution in [2.45, 2.75) is 43.8 Å². The van der Waals surface area contributed by atoms with Crippen LogP contribution in [-0.4, -0.2) is 42.2 Å². The van der Waals surface area contributed by atoms with Gasteiger partial charge < -0.3 is 15.6 Å². The summed E-state index contributed by atoms with van der Waals surface area (Å²) < 4.78 is 85.9. The number of primary amides is 1. The minimum atomic E-state index is -4.97. The van der Waals surface area contributed by atoms with Crippen LogP contribution < -0.4 is 5.73 Å². The maximum atomic E-state index is 13.3. The molecule has 1 aliphatic heterocycles. The van der Waals surface area contributed by atoms with Gasteiger partial charge in [-0.3, -0.25) is 9.69 Å². The highest BCUT2D eigenvalue weighted by Crippen LogP contribution is 2.42. The Bertz CT molecular complexity index is 1010. The summed E-state index contributed by atoms with van der Waals surface area (Å²) in [5.74, 6) is -0.744. The van der Waals surface area contributed by atoms with Crippen molar-refractivity contribution in [3.63, 3.8) is 0 Å². The molecule has 5 nitrogen and oxygen atoms in total. The van der Waals surface area contributed by atoms with E-state index in [-0.39, 0.29) is 37.3 Å². The SMILES string of the molecule is C[C@@H](OC[C@@]1(c2ccccc2)CC[C@H](CO)CN1CC(N)=O)c1cc(C(F)(F)F)cc(C(F)(F)F)c1. The zero-order chi connectivity index (χ0) is 26.7. The van der Waals surface area contributed by atoms with E-state index in [1.807, 2.05) is 12.1 Å². The smallest absolute Gasteiger partial charge is 0.396 e. The van der Waals surface area contributed by atoms with Crippen LogP contribution in [0.4, 0.5) is 26.3 Å². The molecule has 0 saturated carbocycles. The fourth-order valence-corrected chi connectivity index (χ4v) is 4.63. The van der Waals surface area contributed by atoms with E-state index in [0.29, 0.717) is 31.5 Å². The number of carbonyl (C=O) groups is 1. The number of hydrogen-bond donors (Lipinski definition) is 2. The number of nitrogens with zero attached hydrogens (tertiary/aromatic N) is 1. The molecule has 11 heteroatoms. The highest BCUT2D eigenvalue weighted by Gasteiger charge is 2.44. The molecule has 2 aromatic carbocycles. The number of amides is 1. The molecule has 2 aromatic rings. The monoisotopic (exact) mass is 518 g/mol. The third kappa shape index (κ3) is 6.37. The number of piperidine rings is 1. The van der Waals surface area contributed by atoms with Crippen molar-refractivity contribution in [3.05, 3.63) is 70.8 Å². The third-order valence-electron chi connectivity index (χ3n) is 6.62. The number of benzene rings is 2. The summed E-state index contributed by atoms with van der Waals surface area (Å²) >= 11 is 0. The molecule has 3 atom stereocenters. The van der Waals surface area contributed by atoms with Crippen LogP contribution in [0.2, 0.25) is 0 Å². The molecule has 0 unspecified atom stereocenters. The quantitative estimate of drug-likeness (QED) is 0.489. The van der Waals surface area contributed by atoms with Crippen molar-refractivity contribution >= 4 is 5.91 Å². The number of likely N-dealkylation sites (tertiary alicyclic amines) is 1. The molecule has 198 valence electrons. The minimum Gasteiger partial charge on any atom is -0.396 e. The number of alkyl halides is 6. The summed E-state index contributed by atoms with van der Waals surface area (Å²) in [5.41, 5.74) is 2.20. The second-order valence-electron chi connectivity index (χ2n) is 9.12. The van der Waals surface area contributed by atoms with Crippen LogP contribution in [0.1, 0.15) is 48.1 Å². The molecule has 3 N–H and O–H groups in total. The second-order valence-corrected chi connectivity index (χ2v) is 9.12. The van der Waals surface area contributed by atoms with E-state index in [4.69, 9.17) is 10.5 Å². The molecule has 0 aliphatic carbocycles. The Morgan fingerprint density at radius 3 is 2.19 bits per heavy atom. The summed E-state index contributed by atoms with van der Waals surface area (Å²) in [5, 5.41) is 9.68. The first-order valence-corrected chi connectivity index (χ1v) is 11.4. The number of aliphatic hydroxyl groups excluding tert-OH is 1. The van der Waals surface area contributed by atoms with E-state index < -0.39 is 41.0 Å². The maximum absolute atomic E-state index is 13.3. The van der Waals surface area contributed by atoms with Gasteiger partial charge in [0.1, 0.15) is 0 Å². The van der Waals surface area contributed by atoms with E-state index in [0.717, 1.165) is 5.56 Å². The van der Waals surface area contributed by atoms with Crippen molar-refractivity contribution in [3.8, 4) is 0 Å². The van der Waals surface area contributed by atoms with Crippen LogP contribution in [0.25, 0.3) is 0 Å². The van der Waals surface area contributed by atoms with E-state index in [9.17, 15) is 36.2 Å². The number of aliphatic hydroxyl groups is 1. The average molecular weight is 518 g/mol. The van der Waals surface area contributed by atoms with Gasteiger partial charge in [0.25, 0.3) is 0 Å². The summed E-state index contributed by atoms with van der Waals surface area (Å²) in [6.45, 7) is 1.30. The molecule has 36 heavy (non-hydrogen) atoms. The lowest BCUT2D eigenvalue weighted by atomic mass is 9.77. The lowest BCUT2D eigenvalue weighted by molar-refractivity contribution is -0.143. The third-order valence-corrected chi connectivity index (χ3v) is 6.62. The van der Waals surface area contributed by atoms with Gasteiger partial charge in [-0.25, -0.2) is 0 Å². The van der Waals surface area contributed by atoms with Gasteiger partial charge in [0.05, 0.1) is 35.9 Å². The molecule has 3 rings (SSSR count). The van der Waals surface area contributed by atoms with Gasteiger partial charge in [-0.1, -0.05) is 30.3 Å². The van der Waals surface area contributed by atoms with Crippen molar-refractivity contribution < 1.29 is 41.0 Å². The number of halogens is 6. The average Bonchev–Trinajstić information content (AvgIpc) is 2.82. The Balaban J connectivity index is 1.97. The molecule has 1 saturated heterocycles. The number of hydrogen-bond acceptors (Lipinski definition) is 4. The lowest BCUT2D eigenvalue weighted by Gasteiger charge is -2.49.